The maximum Gasteiger partial charge on any atom is 0.317 e. The van der Waals surface area contributed by atoms with Crippen LogP contribution >= 0.6 is 0 Å². The number of aliphatic carboxylic acids is 5. The second-order valence-electron chi connectivity index (χ2n) is 11.0. The minimum absolute atomic E-state index is 0.0216. The van der Waals surface area contributed by atoms with Crippen molar-refractivity contribution < 1.29 is 54.3 Å². The molecule has 0 heterocycles. The first-order valence-corrected chi connectivity index (χ1v) is 14.3. The SMILES string of the molecule is CC(C)NC(=O)c1ccc(CC(CN(CC(=O)O)C(C)CCCCN(CC(=O)O)CC(=O)O)N(CC(=O)O)CC(=O)O)cc1. The Labute approximate surface area is 256 Å². The first-order chi connectivity index (χ1) is 20.6. The van der Waals surface area contributed by atoms with Gasteiger partial charge in [-0.2, -0.15) is 0 Å². The smallest absolute Gasteiger partial charge is 0.317 e. The largest absolute Gasteiger partial charge is 0.480 e. The summed E-state index contributed by atoms with van der Waals surface area (Å²) in [6.07, 6.45) is 1.61. The number of amides is 1. The molecular formula is C29H44N4O11. The van der Waals surface area contributed by atoms with Crippen LogP contribution in [0.1, 0.15) is 56.0 Å². The number of nitrogens with one attached hydrogen (secondary N) is 1. The number of carbonyl (C=O) groups excluding carboxylic acids is 1. The summed E-state index contributed by atoms with van der Waals surface area (Å²) in [7, 11) is 0. The van der Waals surface area contributed by atoms with Crippen LogP contribution in [0.3, 0.4) is 0 Å². The standard InChI is InChI=1S/C29H44N4O11/c1-19(2)30-29(44)22-9-7-21(8-10-22)12-23(33(17-27(40)41)18-28(42)43)13-32(16-26(38)39)20(3)6-4-5-11-31(14-24(34)35)15-25(36)37/h7-10,19-20,23H,4-6,11-18H2,1-3H3,(H,30,44)(H,34,35)(H,36,37)(H,38,39)(H,40,41)(H,42,43). The zero-order valence-corrected chi connectivity index (χ0v) is 25.3. The molecule has 0 fully saturated rings. The van der Waals surface area contributed by atoms with E-state index in [0.29, 0.717) is 30.4 Å². The third-order valence-corrected chi connectivity index (χ3v) is 6.77. The molecule has 1 aromatic rings. The Hall–Kier alpha value is -4.08. The van der Waals surface area contributed by atoms with Crippen molar-refractivity contribution in [3.8, 4) is 0 Å². The van der Waals surface area contributed by atoms with Gasteiger partial charge in [0.15, 0.2) is 0 Å². The van der Waals surface area contributed by atoms with Gasteiger partial charge in [0.25, 0.3) is 5.91 Å². The van der Waals surface area contributed by atoms with Crippen molar-refractivity contribution in [3.05, 3.63) is 35.4 Å². The molecule has 1 amide bonds. The molecule has 1 aromatic carbocycles. The van der Waals surface area contributed by atoms with Gasteiger partial charge in [-0.25, -0.2) is 0 Å². The Morgan fingerprint density at radius 2 is 1.16 bits per heavy atom. The van der Waals surface area contributed by atoms with Crippen LogP contribution in [0.5, 0.6) is 0 Å². The van der Waals surface area contributed by atoms with E-state index in [1.54, 1.807) is 36.1 Å². The van der Waals surface area contributed by atoms with Crippen molar-refractivity contribution in [3.63, 3.8) is 0 Å². The lowest BCUT2D eigenvalue weighted by Crippen LogP contribution is -2.51. The summed E-state index contributed by atoms with van der Waals surface area (Å²) in [5.41, 5.74) is 1.11. The molecule has 0 aliphatic carbocycles. The van der Waals surface area contributed by atoms with E-state index in [1.165, 1.54) is 9.80 Å². The second kappa shape index (κ2) is 19.2. The van der Waals surface area contributed by atoms with Gasteiger partial charge in [-0.05, 0) is 64.3 Å². The highest BCUT2D eigenvalue weighted by Crippen LogP contribution is 2.17. The van der Waals surface area contributed by atoms with E-state index in [4.69, 9.17) is 10.2 Å². The molecule has 15 nitrogen and oxygen atoms in total. The first kappa shape index (κ1) is 37.9. The average molecular weight is 625 g/mol. The molecule has 0 saturated heterocycles. The highest BCUT2D eigenvalue weighted by molar-refractivity contribution is 5.94. The van der Waals surface area contributed by atoms with Gasteiger partial charge in [0.05, 0.1) is 32.7 Å². The fourth-order valence-corrected chi connectivity index (χ4v) is 4.78. The van der Waals surface area contributed by atoms with Gasteiger partial charge in [-0.1, -0.05) is 18.6 Å². The highest BCUT2D eigenvalue weighted by Gasteiger charge is 2.28. The molecule has 2 unspecified atom stereocenters. The number of carboxylic acid groups (broad SMARTS) is 5. The van der Waals surface area contributed by atoms with Crippen LogP contribution < -0.4 is 5.32 Å². The Kier molecular flexibility index (Phi) is 16.6. The predicted molar refractivity (Wildman–Crippen MR) is 158 cm³/mol. The third-order valence-electron chi connectivity index (χ3n) is 6.77. The number of carbonyl (C=O) groups is 6. The van der Waals surface area contributed by atoms with Crippen molar-refractivity contribution in [2.24, 2.45) is 0 Å². The molecule has 15 heteroatoms. The first-order valence-electron chi connectivity index (χ1n) is 14.3. The van der Waals surface area contributed by atoms with E-state index in [0.717, 1.165) is 0 Å². The molecule has 44 heavy (non-hydrogen) atoms. The van der Waals surface area contributed by atoms with Crippen molar-refractivity contribution in [2.45, 2.75) is 64.6 Å². The summed E-state index contributed by atoms with van der Waals surface area (Å²) in [6, 6.07) is 5.46. The number of nitrogens with zero attached hydrogens (tertiary/aromatic N) is 3. The van der Waals surface area contributed by atoms with Gasteiger partial charge in [0, 0.05) is 30.2 Å². The van der Waals surface area contributed by atoms with Gasteiger partial charge < -0.3 is 30.8 Å². The van der Waals surface area contributed by atoms with Crippen LogP contribution in [0.15, 0.2) is 24.3 Å². The molecule has 6 N–H and O–H groups in total. The van der Waals surface area contributed by atoms with Crippen molar-refractivity contribution >= 4 is 35.8 Å². The average Bonchev–Trinajstić information content (AvgIpc) is 2.88. The second-order valence-corrected chi connectivity index (χ2v) is 11.0. The summed E-state index contributed by atoms with van der Waals surface area (Å²) in [4.78, 5) is 73.7. The maximum absolute atomic E-state index is 12.3. The van der Waals surface area contributed by atoms with Crippen LogP contribution in [0.2, 0.25) is 0 Å². The van der Waals surface area contributed by atoms with Gasteiger partial charge in [0.2, 0.25) is 0 Å². The van der Waals surface area contributed by atoms with E-state index in [2.05, 4.69) is 5.32 Å². The summed E-state index contributed by atoms with van der Waals surface area (Å²) >= 11 is 0. The van der Waals surface area contributed by atoms with Gasteiger partial charge in [0.1, 0.15) is 0 Å². The summed E-state index contributed by atoms with van der Waals surface area (Å²) in [5.74, 6) is -6.20. The van der Waals surface area contributed by atoms with E-state index in [9.17, 15) is 44.1 Å². The number of unbranched alkanes of at least 4 members (excludes halogenated alkanes) is 1. The Bertz CT molecular complexity index is 1090. The predicted octanol–water partition coefficient (Wildman–Crippen LogP) is 0.624. The molecule has 0 bridgehead atoms. The summed E-state index contributed by atoms with van der Waals surface area (Å²) in [5, 5.41) is 49.5. The quantitative estimate of drug-likeness (QED) is 0.0919. The van der Waals surface area contributed by atoms with Crippen LogP contribution in [0.4, 0.5) is 0 Å². The molecule has 0 saturated carbocycles. The monoisotopic (exact) mass is 624 g/mol. The summed E-state index contributed by atoms with van der Waals surface area (Å²) < 4.78 is 0. The highest BCUT2D eigenvalue weighted by atomic mass is 16.4. The Balaban J connectivity index is 3.14. The van der Waals surface area contributed by atoms with Crippen LogP contribution in [0.25, 0.3) is 0 Å². The lowest BCUT2D eigenvalue weighted by atomic mass is 10.0. The minimum Gasteiger partial charge on any atom is -0.480 e. The zero-order chi connectivity index (χ0) is 33.4. The molecular weight excluding hydrogens is 580 g/mol. The van der Waals surface area contributed by atoms with Gasteiger partial charge >= 0.3 is 29.8 Å². The Morgan fingerprint density at radius 3 is 1.61 bits per heavy atom. The maximum atomic E-state index is 12.3. The van der Waals surface area contributed by atoms with Crippen molar-refractivity contribution in [1.82, 2.24) is 20.0 Å². The molecule has 1 rings (SSSR count). The molecule has 2 atom stereocenters. The molecule has 0 aromatic heterocycles. The number of hydrogen-bond acceptors (Lipinski definition) is 9. The topological polar surface area (TPSA) is 225 Å². The zero-order valence-electron chi connectivity index (χ0n) is 25.3. The molecule has 246 valence electrons. The molecule has 0 spiro atoms. The van der Waals surface area contributed by atoms with Crippen LogP contribution in [-0.2, 0) is 30.4 Å². The fraction of sp³-hybridized carbons (Fsp3) is 0.586. The van der Waals surface area contributed by atoms with E-state index in [-0.39, 0.29) is 37.5 Å². The third kappa shape index (κ3) is 16.0. The number of benzene rings is 1. The van der Waals surface area contributed by atoms with Crippen LogP contribution in [0, 0.1) is 0 Å². The fourth-order valence-electron chi connectivity index (χ4n) is 4.78. The van der Waals surface area contributed by atoms with Gasteiger partial charge in [-0.15, -0.1) is 0 Å². The minimum atomic E-state index is -1.25. The number of hydrogen-bond donors (Lipinski definition) is 6. The molecule has 0 aliphatic rings. The van der Waals surface area contributed by atoms with E-state index in [1.807, 2.05) is 13.8 Å². The number of carboxylic acids is 5. The lowest BCUT2D eigenvalue weighted by Gasteiger charge is -2.36. The van der Waals surface area contributed by atoms with Crippen LogP contribution in [-0.4, -0.2) is 140 Å². The molecule has 0 radical (unpaired) electrons. The lowest BCUT2D eigenvalue weighted by molar-refractivity contribution is -0.145. The van der Waals surface area contributed by atoms with Crippen molar-refractivity contribution in [2.75, 3.05) is 45.8 Å². The number of rotatable bonds is 23. The Morgan fingerprint density at radius 1 is 0.682 bits per heavy atom. The van der Waals surface area contributed by atoms with E-state index >= 15 is 0 Å². The normalized spacial score (nSPS) is 12.8. The van der Waals surface area contributed by atoms with Crippen molar-refractivity contribution in [1.29, 1.82) is 0 Å². The van der Waals surface area contributed by atoms with E-state index < -0.39 is 68.6 Å². The molecule has 0 aliphatic heterocycles. The van der Waals surface area contributed by atoms with Gasteiger partial charge in [-0.3, -0.25) is 43.5 Å². The summed E-state index contributed by atoms with van der Waals surface area (Å²) in [6.45, 7) is 3.23.